The van der Waals surface area contributed by atoms with E-state index in [4.69, 9.17) is 0 Å². The molecule has 1 atom stereocenters. The van der Waals surface area contributed by atoms with Crippen molar-refractivity contribution in [2.45, 2.75) is 39.7 Å². The first kappa shape index (κ1) is 19.9. The van der Waals surface area contributed by atoms with Gasteiger partial charge in [0, 0.05) is 5.92 Å². The first-order valence-corrected chi connectivity index (χ1v) is 5.54. The summed E-state index contributed by atoms with van der Waals surface area (Å²) >= 11 is 0. The molecule has 0 saturated heterocycles. The molecule has 0 rings (SSSR count). The second-order valence-corrected chi connectivity index (χ2v) is 4.31. The van der Waals surface area contributed by atoms with E-state index in [0.29, 0.717) is 0 Å². The van der Waals surface area contributed by atoms with Crippen molar-refractivity contribution in [3.8, 4) is 0 Å². The summed E-state index contributed by atoms with van der Waals surface area (Å²) in [5.74, 6) is -0.641. The maximum Gasteiger partial charge on any atom is 0.485 e. The summed E-state index contributed by atoms with van der Waals surface area (Å²) in [6.45, 7) is 2.81. The maximum absolute atomic E-state index is 12.8. The van der Waals surface area contributed by atoms with Crippen molar-refractivity contribution in [1.29, 1.82) is 0 Å². The molecule has 0 spiro atoms. The van der Waals surface area contributed by atoms with Gasteiger partial charge < -0.3 is 0 Å². The lowest BCUT2D eigenvalue weighted by atomic mass is 10.2. The van der Waals surface area contributed by atoms with E-state index in [1.54, 1.807) is 0 Å². The molecular weight excluding hydrogens is 259 g/mol. The van der Waals surface area contributed by atoms with E-state index >= 15 is 0 Å². The van der Waals surface area contributed by atoms with Gasteiger partial charge in [0.1, 0.15) is 5.67 Å². The number of alkyl halides is 5. The molecule has 0 fully saturated rings. The van der Waals surface area contributed by atoms with Gasteiger partial charge in [0.05, 0.1) is 26.6 Å². The molecule has 0 saturated carbocycles. The van der Waals surface area contributed by atoms with Gasteiger partial charge in [-0.3, -0.25) is 18.3 Å². The van der Waals surface area contributed by atoms with Crippen molar-refractivity contribution in [2.75, 3.05) is 26.6 Å². The first-order chi connectivity index (χ1) is 8.08. The van der Waals surface area contributed by atoms with Gasteiger partial charge in [0.15, 0.2) is 0 Å². The Bertz CT molecular complexity index is 194. The van der Waals surface area contributed by atoms with Crippen LogP contribution in [-0.2, 0) is 9.47 Å². The van der Waals surface area contributed by atoms with E-state index in [1.807, 2.05) is 0 Å². The maximum atomic E-state index is 12.8. The van der Waals surface area contributed by atoms with Crippen LogP contribution in [0.5, 0.6) is 0 Å². The van der Waals surface area contributed by atoms with Crippen molar-refractivity contribution >= 4 is 0 Å². The smallest absolute Gasteiger partial charge is 0.295 e. The van der Waals surface area contributed by atoms with Crippen LogP contribution >= 0.6 is 0 Å². The van der Waals surface area contributed by atoms with Crippen molar-refractivity contribution in [2.24, 2.45) is 5.92 Å². The van der Waals surface area contributed by atoms with Crippen LogP contribution in [0.4, 0.5) is 22.0 Å². The SMILES string of the molecule is CC(CF)COC(F)(F)OCC(C)(C)F.CCF. The second kappa shape index (κ2) is 9.49. The van der Waals surface area contributed by atoms with E-state index in [1.165, 1.54) is 13.8 Å². The van der Waals surface area contributed by atoms with E-state index < -0.39 is 37.8 Å². The fourth-order valence-corrected chi connectivity index (χ4v) is 0.581. The minimum atomic E-state index is -3.87. The highest BCUT2D eigenvalue weighted by Gasteiger charge is 2.35. The number of halogens is 5. The number of hydrogen-bond donors (Lipinski definition) is 0. The topological polar surface area (TPSA) is 18.5 Å². The average Bonchev–Trinajstić information content (AvgIpc) is 2.24. The summed E-state index contributed by atoms with van der Waals surface area (Å²) in [6, 6.07) is 0. The average molecular weight is 280 g/mol. The van der Waals surface area contributed by atoms with E-state index in [-0.39, 0.29) is 6.67 Å². The third-order valence-electron chi connectivity index (χ3n) is 1.38. The van der Waals surface area contributed by atoms with Crippen LogP contribution in [0.3, 0.4) is 0 Å². The Morgan fingerprint density at radius 3 is 1.83 bits per heavy atom. The minimum absolute atomic E-state index is 0.250. The molecule has 0 heterocycles. The van der Waals surface area contributed by atoms with Gasteiger partial charge in [-0.2, -0.15) is 0 Å². The number of hydrogen-bond acceptors (Lipinski definition) is 2. The van der Waals surface area contributed by atoms with Crippen LogP contribution in [0.25, 0.3) is 0 Å². The van der Waals surface area contributed by atoms with Crippen LogP contribution in [-0.4, -0.2) is 38.5 Å². The molecule has 112 valence electrons. The number of ether oxygens (including phenoxy) is 2. The van der Waals surface area contributed by atoms with Crippen LogP contribution in [0, 0.1) is 5.92 Å². The molecule has 0 bridgehead atoms. The summed E-state index contributed by atoms with van der Waals surface area (Å²) in [6.07, 6.45) is -3.87. The quantitative estimate of drug-likeness (QED) is 0.520. The summed E-state index contributed by atoms with van der Waals surface area (Å²) in [4.78, 5) is 0. The van der Waals surface area contributed by atoms with Gasteiger partial charge in [0.2, 0.25) is 0 Å². The van der Waals surface area contributed by atoms with Crippen LogP contribution in [0.15, 0.2) is 0 Å². The van der Waals surface area contributed by atoms with E-state index in [0.717, 1.165) is 13.8 Å². The highest BCUT2D eigenvalue weighted by molar-refractivity contribution is 4.64. The molecule has 1 unspecified atom stereocenters. The summed E-state index contributed by atoms with van der Waals surface area (Å²) in [5.41, 5.74) is -1.86. The molecule has 0 amide bonds. The molecular formula is C11H21F5O2. The lowest BCUT2D eigenvalue weighted by Gasteiger charge is -2.21. The lowest BCUT2D eigenvalue weighted by molar-refractivity contribution is -0.400. The Labute approximate surface area is 104 Å². The van der Waals surface area contributed by atoms with Crippen LogP contribution in [0.1, 0.15) is 27.7 Å². The zero-order valence-corrected chi connectivity index (χ0v) is 11.1. The molecule has 0 radical (unpaired) electrons. The monoisotopic (exact) mass is 280 g/mol. The van der Waals surface area contributed by atoms with E-state index in [9.17, 15) is 22.0 Å². The standard InChI is InChI=1S/C9H16F4O2.C2H5F/c1-7(4-10)5-14-9(12,13)15-6-8(2,3)11;1-2-3/h7H,4-6H2,1-3H3;2H2,1H3. The Morgan fingerprint density at radius 2 is 1.50 bits per heavy atom. The Hall–Kier alpha value is -0.430. The highest BCUT2D eigenvalue weighted by atomic mass is 19.3. The molecule has 0 aliphatic heterocycles. The zero-order valence-electron chi connectivity index (χ0n) is 11.1. The number of rotatable bonds is 7. The molecule has 0 aromatic heterocycles. The van der Waals surface area contributed by atoms with Crippen molar-refractivity contribution < 1.29 is 31.4 Å². The predicted molar refractivity (Wildman–Crippen MR) is 58.8 cm³/mol. The third kappa shape index (κ3) is 15.6. The second-order valence-electron chi connectivity index (χ2n) is 4.31. The minimum Gasteiger partial charge on any atom is -0.295 e. The Morgan fingerprint density at radius 1 is 1.06 bits per heavy atom. The fraction of sp³-hybridized carbons (Fsp3) is 1.00. The van der Waals surface area contributed by atoms with Gasteiger partial charge in [-0.15, -0.1) is 8.78 Å². The van der Waals surface area contributed by atoms with Gasteiger partial charge >= 0.3 is 6.29 Å². The summed E-state index contributed by atoms with van der Waals surface area (Å²) in [5, 5.41) is 0. The molecule has 2 nitrogen and oxygen atoms in total. The molecule has 0 aliphatic rings. The molecule has 7 heteroatoms. The van der Waals surface area contributed by atoms with Crippen molar-refractivity contribution in [1.82, 2.24) is 0 Å². The third-order valence-corrected chi connectivity index (χ3v) is 1.38. The fourth-order valence-electron chi connectivity index (χ4n) is 0.581. The first-order valence-electron chi connectivity index (χ1n) is 5.54. The van der Waals surface area contributed by atoms with Crippen molar-refractivity contribution in [3.63, 3.8) is 0 Å². The largest absolute Gasteiger partial charge is 0.485 e. The normalized spacial score (nSPS) is 13.8. The molecule has 0 aromatic rings. The van der Waals surface area contributed by atoms with Gasteiger partial charge in [0.25, 0.3) is 0 Å². The van der Waals surface area contributed by atoms with Gasteiger partial charge in [-0.1, -0.05) is 6.92 Å². The van der Waals surface area contributed by atoms with E-state index in [2.05, 4.69) is 9.47 Å². The van der Waals surface area contributed by atoms with Crippen LogP contribution in [0.2, 0.25) is 0 Å². The molecule has 0 aromatic carbocycles. The van der Waals surface area contributed by atoms with Gasteiger partial charge in [-0.25, -0.2) is 4.39 Å². The molecule has 0 N–H and O–H groups in total. The Kier molecular flexibility index (Phi) is 10.5. The van der Waals surface area contributed by atoms with Gasteiger partial charge in [-0.05, 0) is 20.8 Å². The molecule has 18 heavy (non-hydrogen) atoms. The predicted octanol–water partition coefficient (Wildman–Crippen LogP) is 3.90. The Balaban J connectivity index is 0. The summed E-state index contributed by atoms with van der Waals surface area (Å²) < 4.78 is 68.4. The van der Waals surface area contributed by atoms with Crippen LogP contribution < -0.4 is 0 Å². The van der Waals surface area contributed by atoms with Crippen molar-refractivity contribution in [3.05, 3.63) is 0 Å². The zero-order chi connectivity index (χ0) is 14.8. The molecule has 0 aliphatic carbocycles. The lowest BCUT2D eigenvalue weighted by Crippen LogP contribution is -2.33. The summed E-state index contributed by atoms with van der Waals surface area (Å²) in [7, 11) is 0. The highest BCUT2D eigenvalue weighted by Crippen LogP contribution is 2.21.